The molecule has 0 fully saturated rings. The minimum absolute atomic E-state index is 0.000317. The van der Waals surface area contributed by atoms with Crippen LogP contribution in [0.3, 0.4) is 0 Å². The van der Waals surface area contributed by atoms with Gasteiger partial charge in [-0.25, -0.2) is 14.2 Å². The lowest BCUT2D eigenvalue weighted by molar-refractivity contribution is 0.0554. The molecule has 2 aromatic heterocycles. The molecule has 1 unspecified atom stereocenters. The molecular weight excluding hydrogens is 551 g/mol. The summed E-state index contributed by atoms with van der Waals surface area (Å²) in [7, 11) is 0. The fraction of sp³-hybridized carbons (Fsp3) is 0.267. The minimum Gasteiger partial charge on any atom is -0.490 e. The zero-order valence-corrected chi connectivity index (χ0v) is 23.5. The van der Waals surface area contributed by atoms with Crippen molar-refractivity contribution in [3.8, 4) is 11.5 Å². The highest BCUT2D eigenvalue weighted by molar-refractivity contribution is 7.17. The fourth-order valence-electron chi connectivity index (χ4n) is 4.63. The van der Waals surface area contributed by atoms with Gasteiger partial charge in [-0.3, -0.25) is 14.5 Å². The zero-order valence-electron chi connectivity index (χ0n) is 22.7. The number of aryl methyl sites for hydroxylation is 1. The van der Waals surface area contributed by atoms with Crippen LogP contribution < -0.4 is 19.8 Å². The highest BCUT2D eigenvalue weighted by Gasteiger charge is 2.45. The lowest BCUT2D eigenvalue weighted by Crippen LogP contribution is -2.29. The fourth-order valence-corrected chi connectivity index (χ4v) is 5.61. The third-order valence-corrected chi connectivity index (χ3v) is 7.52. The molecule has 0 bridgehead atoms. The number of hydrogen-bond donors (Lipinski definition) is 0. The largest absolute Gasteiger partial charge is 0.490 e. The van der Waals surface area contributed by atoms with Crippen molar-refractivity contribution in [2.45, 2.75) is 33.2 Å². The Bertz CT molecular complexity index is 1730. The Labute approximate surface area is 238 Å². The molecule has 1 aliphatic rings. The minimum atomic E-state index is -1.01. The maximum Gasteiger partial charge on any atom is 0.350 e. The molecule has 1 atom stereocenters. The number of benzene rings is 2. The van der Waals surface area contributed by atoms with Crippen LogP contribution in [0.1, 0.15) is 63.4 Å². The summed E-state index contributed by atoms with van der Waals surface area (Å²) in [6, 6.07) is 7.67. The number of amides is 1. The third-order valence-electron chi connectivity index (χ3n) is 6.39. The van der Waals surface area contributed by atoms with E-state index >= 15 is 0 Å². The summed E-state index contributed by atoms with van der Waals surface area (Å²) in [5.41, 5.74) is 0.417. The Morgan fingerprint density at radius 2 is 1.98 bits per heavy atom. The SMILES string of the molecule is C=CCOC(=O)c1sc(N2C(=O)c3oc4ccc(F)cc4c(=O)c3C2c2ccc(OCCC)c(OCC)c2)nc1C. The zero-order chi connectivity index (χ0) is 29.3. The van der Waals surface area contributed by atoms with E-state index in [9.17, 15) is 18.8 Å². The molecule has 5 rings (SSSR count). The average molecular weight is 579 g/mol. The number of anilines is 1. The Balaban J connectivity index is 1.72. The van der Waals surface area contributed by atoms with Gasteiger partial charge in [-0.1, -0.05) is 37.0 Å². The van der Waals surface area contributed by atoms with Crippen molar-refractivity contribution in [3.05, 3.63) is 92.6 Å². The second kappa shape index (κ2) is 11.5. The first-order valence-corrected chi connectivity index (χ1v) is 13.8. The van der Waals surface area contributed by atoms with Crippen molar-refractivity contribution in [1.29, 1.82) is 0 Å². The molecule has 2 aromatic carbocycles. The van der Waals surface area contributed by atoms with Crippen LogP contribution in [0.15, 0.2) is 58.3 Å². The number of thiazole rings is 1. The van der Waals surface area contributed by atoms with Crippen LogP contribution in [0.2, 0.25) is 0 Å². The molecule has 1 amide bonds. The van der Waals surface area contributed by atoms with Gasteiger partial charge < -0.3 is 18.6 Å². The van der Waals surface area contributed by atoms with Crippen LogP contribution in [-0.2, 0) is 4.74 Å². The summed E-state index contributed by atoms with van der Waals surface area (Å²) in [4.78, 5) is 46.4. The summed E-state index contributed by atoms with van der Waals surface area (Å²) in [5.74, 6) is -1.10. The molecule has 41 heavy (non-hydrogen) atoms. The number of fused-ring (bicyclic) bond motifs is 2. The van der Waals surface area contributed by atoms with Crippen molar-refractivity contribution in [1.82, 2.24) is 4.98 Å². The van der Waals surface area contributed by atoms with Gasteiger partial charge in [0.1, 0.15) is 22.9 Å². The summed E-state index contributed by atoms with van der Waals surface area (Å²) in [5, 5.41) is 0.161. The summed E-state index contributed by atoms with van der Waals surface area (Å²) < 4.78 is 36.9. The highest BCUT2D eigenvalue weighted by atomic mass is 32.1. The van der Waals surface area contributed by atoms with Gasteiger partial charge in [0.2, 0.25) is 5.76 Å². The van der Waals surface area contributed by atoms with Gasteiger partial charge in [0, 0.05) is 0 Å². The molecular formula is C30H27FN2O7S. The summed E-state index contributed by atoms with van der Waals surface area (Å²) in [6.07, 6.45) is 2.23. The average Bonchev–Trinajstić information content (AvgIpc) is 3.48. The first-order chi connectivity index (χ1) is 19.8. The third kappa shape index (κ3) is 5.08. The van der Waals surface area contributed by atoms with Crippen LogP contribution in [0.4, 0.5) is 9.52 Å². The standard InChI is InChI=1S/C30H27FN2O7S/c1-5-12-38-21-10-8-17(14-22(21)37-7-3)24-23-25(34)19-15-18(31)9-11-20(19)40-26(23)28(35)33(24)30-32-16(4)27(41-30)29(36)39-13-6-2/h6,8-11,14-15,24H,2,5,7,12-13H2,1,3-4H3. The van der Waals surface area contributed by atoms with Gasteiger partial charge in [0.05, 0.1) is 35.9 Å². The van der Waals surface area contributed by atoms with Gasteiger partial charge in [-0.2, -0.15) is 0 Å². The molecule has 0 saturated heterocycles. The molecule has 0 radical (unpaired) electrons. The maximum absolute atomic E-state index is 14.2. The lowest BCUT2D eigenvalue weighted by atomic mass is 9.98. The van der Waals surface area contributed by atoms with Gasteiger partial charge in [-0.15, -0.1) is 0 Å². The number of nitrogens with zero attached hydrogens (tertiary/aromatic N) is 2. The van der Waals surface area contributed by atoms with E-state index in [2.05, 4.69) is 11.6 Å². The van der Waals surface area contributed by atoms with E-state index in [0.717, 1.165) is 29.9 Å². The van der Waals surface area contributed by atoms with E-state index in [-0.39, 0.29) is 38.9 Å². The monoisotopic (exact) mass is 578 g/mol. The number of esters is 1. The molecule has 9 nitrogen and oxygen atoms in total. The van der Waals surface area contributed by atoms with Crippen molar-refractivity contribution in [2.75, 3.05) is 24.7 Å². The molecule has 3 heterocycles. The van der Waals surface area contributed by atoms with Gasteiger partial charge in [0.15, 0.2) is 22.1 Å². The smallest absolute Gasteiger partial charge is 0.350 e. The Morgan fingerprint density at radius 1 is 1.17 bits per heavy atom. The Kier molecular flexibility index (Phi) is 7.89. The van der Waals surface area contributed by atoms with Crippen LogP contribution in [0, 0.1) is 12.7 Å². The van der Waals surface area contributed by atoms with E-state index < -0.39 is 29.2 Å². The number of aromatic nitrogens is 1. The van der Waals surface area contributed by atoms with Crippen LogP contribution in [0.25, 0.3) is 11.0 Å². The lowest BCUT2D eigenvalue weighted by Gasteiger charge is -2.23. The van der Waals surface area contributed by atoms with E-state index in [4.69, 9.17) is 18.6 Å². The molecule has 0 aliphatic carbocycles. The Hall–Kier alpha value is -4.51. The Morgan fingerprint density at radius 3 is 2.71 bits per heavy atom. The second-order valence-electron chi connectivity index (χ2n) is 9.18. The number of hydrogen-bond acceptors (Lipinski definition) is 9. The number of halogens is 1. The van der Waals surface area contributed by atoms with Crippen LogP contribution >= 0.6 is 11.3 Å². The van der Waals surface area contributed by atoms with E-state index in [0.29, 0.717) is 36.0 Å². The second-order valence-corrected chi connectivity index (χ2v) is 10.2. The molecule has 0 N–H and O–H groups in total. The van der Waals surface area contributed by atoms with E-state index in [1.165, 1.54) is 17.0 Å². The predicted molar refractivity (Wildman–Crippen MR) is 152 cm³/mol. The quantitative estimate of drug-likeness (QED) is 0.167. The number of rotatable bonds is 10. The van der Waals surface area contributed by atoms with Gasteiger partial charge >= 0.3 is 5.97 Å². The van der Waals surface area contributed by atoms with Crippen LogP contribution in [0.5, 0.6) is 11.5 Å². The molecule has 1 aliphatic heterocycles. The number of ether oxygens (including phenoxy) is 3. The van der Waals surface area contributed by atoms with Crippen molar-refractivity contribution in [3.63, 3.8) is 0 Å². The van der Waals surface area contributed by atoms with Crippen LogP contribution in [-0.4, -0.2) is 36.7 Å². The van der Waals surface area contributed by atoms with Crippen molar-refractivity contribution in [2.24, 2.45) is 0 Å². The summed E-state index contributed by atoms with van der Waals surface area (Å²) >= 11 is 0.955. The molecule has 11 heteroatoms. The van der Waals surface area contributed by atoms with E-state index in [1.54, 1.807) is 25.1 Å². The maximum atomic E-state index is 14.2. The molecule has 0 spiro atoms. The topological polar surface area (TPSA) is 108 Å². The first-order valence-electron chi connectivity index (χ1n) is 13.0. The summed E-state index contributed by atoms with van der Waals surface area (Å²) in [6.45, 7) is 9.82. The van der Waals surface area contributed by atoms with Crippen molar-refractivity contribution < 1.29 is 32.6 Å². The number of carbonyl (C=O) groups is 2. The highest BCUT2D eigenvalue weighted by Crippen LogP contribution is 2.45. The van der Waals surface area contributed by atoms with Crippen molar-refractivity contribution >= 4 is 39.3 Å². The first kappa shape index (κ1) is 28.0. The number of carbonyl (C=O) groups excluding carboxylic acids is 2. The van der Waals surface area contributed by atoms with Gasteiger partial charge in [-0.05, 0) is 56.2 Å². The van der Waals surface area contributed by atoms with E-state index in [1.807, 2.05) is 13.8 Å². The predicted octanol–water partition coefficient (Wildman–Crippen LogP) is 5.98. The molecule has 4 aromatic rings. The molecule has 212 valence electrons. The molecule has 0 saturated carbocycles. The van der Waals surface area contributed by atoms with Gasteiger partial charge in [0.25, 0.3) is 5.91 Å². The normalized spacial score (nSPS) is 14.3.